The van der Waals surface area contributed by atoms with E-state index in [9.17, 15) is 4.79 Å². The van der Waals surface area contributed by atoms with Crippen molar-refractivity contribution in [1.82, 2.24) is 0 Å². The molecule has 1 unspecified atom stereocenters. The van der Waals surface area contributed by atoms with Crippen LogP contribution < -0.4 is 10.1 Å². The number of benzene rings is 2. The highest BCUT2D eigenvalue weighted by atomic mass is 16.5. The summed E-state index contributed by atoms with van der Waals surface area (Å²) in [4.78, 5) is 12.3. The number of hydrogen-bond donors (Lipinski definition) is 1. The van der Waals surface area contributed by atoms with Crippen molar-refractivity contribution in [3.05, 3.63) is 59.2 Å². The zero-order chi connectivity index (χ0) is 14.8. The summed E-state index contributed by atoms with van der Waals surface area (Å²) in [6, 6.07) is 14.0. The van der Waals surface area contributed by atoms with Crippen molar-refractivity contribution in [3.63, 3.8) is 0 Å². The van der Waals surface area contributed by atoms with E-state index < -0.39 is 0 Å². The summed E-state index contributed by atoms with van der Waals surface area (Å²) in [6.07, 6.45) is 0.665. The molecule has 0 radical (unpaired) electrons. The van der Waals surface area contributed by atoms with Gasteiger partial charge in [-0.2, -0.15) is 0 Å². The topological polar surface area (TPSA) is 38.3 Å². The van der Waals surface area contributed by atoms with Crippen LogP contribution in [0.1, 0.15) is 29.5 Å². The highest BCUT2D eigenvalue weighted by molar-refractivity contribution is 6.03. The van der Waals surface area contributed by atoms with E-state index in [1.165, 1.54) is 5.56 Å². The van der Waals surface area contributed by atoms with Crippen LogP contribution in [-0.2, 0) is 11.2 Å². The molecule has 1 N–H and O–H groups in total. The van der Waals surface area contributed by atoms with E-state index in [0.717, 1.165) is 22.6 Å². The number of ether oxygens (including phenoxy) is 1. The Morgan fingerprint density at radius 2 is 2.00 bits per heavy atom. The molecule has 1 heterocycles. The third kappa shape index (κ3) is 2.64. The molecule has 0 saturated carbocycles. The van der Waals surface area contributed by atoms with Crippen molar-refractivity contribution < 1.29 is 9.53 Å². The first-order valence-electron chi connectivity index (χ1n) is 7.31. The lowest BCUT2D eigenvalue weighted by Crippen LogP contribution is -2.14. The molecule has 3 rings (SSSR count). The second kappa shape index (κ2) is 5.60. The number of aryl methyl sites for hydroxylation is 1. The Balaban J connectivity index is 1.93. The fourth-order valence-electron chi connectivity index (χ4n) is 2.84. The van der Waals surface area contributed by atoms with Crippen LogP contribution in [0.5, 0.6) is 5.75 Å². The zero-order valence-electron chi connectivity index (χ0n) is 12.3. The van der Waals surface area contributed by atoms with Gasteiger partial charge in [-0.1, -0.05) is 35.9 Å². The average molecular weight is 281 g/mol. The molecule has 108 valence electrons. The second-order valence-electron chi connectivity index (χ2n) is 5.38. The molecule has 3 nitrogen and oxygen atoms in total. The van der Waals surface area contributed by atoms with Gasteiger partial charge in [0.2, 0.25) is 5.91 Å². The predicted molar refractivity (Wildman–Crippen MR) is 83.9 cm³/mol. The van der Waals surface area contributed by atoms with Gasteiger partial charge in [-0.15, -0.1) is 0 Å². The molecule has 0 bridgehead atoms. The van der Waals surface area contributed by atoms with E-state index in [1.807, 2.05) is 50.2 Å². The molecule has 1 amide bonds. The maximum atomic E-state index is 12.3. The first-order valence-corrected chi connectivity index (χ1v) is 7.31. The number of carbonyl (C=O) groups excluding carboxylic acids is 1. The Morgan fingerprint density at radius 3 is 2.81 bits per heavy atom. The average Bonchev–Trinajstić information content (AvgIpc) is 2.77. The number of hydrogen-bond acceptors (Lipinski definition) is 2. The van der Waals surface area contributed by atoms with Crippen LogP contribution in [0.15, 0.2) is 42.5 Å². The molecule has 0 aromatic heterocycles. The van der Waals surface area contributed by atoms with Crippen LogP contribution in [0, 0.1) is 6.92 Å². The summed E-state index contributed by atoms with van der Waals surface area (Å²) >= 11 is 0. The lowest BCUT2D eigenvalue weighted by Gasteiger charge is -2.13. The van der Waals surface area contributed by atoms with Crippen molar-refractivity contribution in [1.29, 1.82) is 0 Å². The predicted octanol–water partition coefficient (Wildman–Crippen LogP) is 3.67. The van der Waals surface area contributed by atoms with E-state index in [2.05, 4.69) is 11.4 Å². The van der Waals surface area contributed by atoms with Crippen LogP contribution in [0.25, 0.3) is 0 Å². The lowest BCUT2D eigenvalue weighted by molar-refractivity contribution is -0.117. The minimum absolute atomic E-state index is 0.0712. The normalized spacial score (nSPS) is 16.5. The summed E-state index contributed by atoms with van der Waals surface area (Å²) in [6.45, 7) is 4.65. The van der Waals surface area contributed by atoms with Gasteiger partial charge in [0.1, 0.15) is 5.75 Å². The molecule has 21 heavy (non-hydrogen) atoms. The van der Waals surface area contributed by atoms with Gasteiger partial charge < -0.3 is 10.1 Å². The third-order valence-corrected chi connectivity index (χ3v) is 3.85. The van der Waals surface area contributed by atoms with E-state index >= 15 is 0 Å². The number of anilines is 1. The highest BCUT2D eigenvalue weighted by Gasteiger charge is 2.31. The molecule has 2 aromatic rings. The first kappa shape index (κ1) is 13.7. The number of carbonyl (C=O) groups is 1. The van der Waals surface area contributed by atoms with Gasteiger partial charge in [-0.25, -0.2) is 0 Å². The fraction of sp³-hybridized carbons (Fsp3) is 0.278. The van der Waals surface area contributed by atoms with Crippen LogP contribution in [0.2, 0.25) is 0 Å². The van der Waals surface area contributed by atoms with Crippen molar-refractivity contribution in [2.24, 2.45) is 0 Å². The Labute approximate surface area is 124 Å². The maximum absolute atomic E-state index is 12.3. The Hall–Kier alpha value is -2.29. The van der Waals surface area contributed by atoms with Crippen molar-refractivity contribution in [2.75, 3.05) is 11.9 Å². The monoisotopic (exact) mass is 281 g/mol. The summed E-state index contributed by atoms with van der Waals surface area (Å²) in [5, 5.41) is 2.97. The van der Waals surface area contributed by atoms with Gasteiger partial charge in [0.25, 0.3) is 0 Å². The summed E-state index contributed by atoms with van der Waals surface area (Å²) in [5.41, 5.74) is 4.28. The van der Waals surface area contributed by atoms with Crippen LogP contribution in [-0.4, -0.2) is 12.5 Å². The quantitative estimate of drug-likeness (QED) is 0.928. The van der Waals surface area contributed by atoms with Crippen LogP contribution in [0.3, 0.4) is 0 Å². The molecule has 2 aromatic carbocycles. The Bertz CT molecular complexity index is 679. The summed E-state index contributed by atoms with van der Waals surface area (Å²) < 4.78 is 5.66. The molecule has 0 spiro atoms. The Kier molecular flexibility index (Phi) is 3.65. The van der Waals surface area contributed by atoms with E-state index in [-0.39, 0.29) is 11.8 Å². The van der Waals surface area contributed by atoms with Gasteiger partial charge in [-0.3, -0.25) is 4.79 Å². The number of rotatable bonds is 4. The molecular weight excluding hydrogens is 262 g/mol. The van der Waals surface area contributed by atoms with Gasteiger partial charge in [-0.05, 0) is 43.5 Å². The zero-order valence-corrected chi connectivity index (χ0v) is 12.3. The largest absolute Gasteiger partial charge is 0.494 e. The van der Waals surface area contributed by atoms with Gasteiger partial charge in [0, 0.05) is 5.69 Å². The van der Waals surface area contributed by atoms with E-state index in [1.54, 1.807) is 0 Å². The standard InChI is InChI=1S/C18H19NO2/c1-3-21-17-7-5-4-6-13(17)11-15-14-10-12(2)8-9-16(14)19-18(15)20/h4-10,15H,3,11H2,1-2H3,(H,19,20). The molecule has 0 saturated heterocycles. The second-order valence-corrected chi connectivity index (χ2v) is 5.38. The first-order chi connectivity index (χ1) is 10.2. The third-order valence-electron chi connectivity index (χ3n) is 3.85. The van der Waals surface area contributed by atoms with Crippen molar-refractivity contribution in [2.45, 2.75) is 26.2 Å². The van der Waals surface area contributed by atoms with Crippen LogP contribution >= 0.6 is 0 Å². The smallest absolute Gasteiger partial charge is 0.232 e. The number of fused-ring (bicyclic) bond motifs is 1. The van der Waals surface area contributed by atoms with Crippen LogP contribution in [0.4, 0.5) is 5.69 Å². The highest BCUT2D eigenvalue weighted by Crippen LogP contribution is 2.36. The van der Waals surface area contributed by atoms with Gasteiger partial charge in [0.05, 0.1) is 12.5 Å². The molecule has 0 aliphatic carbocycles. The molecule has 1 atom stereocenters. The summed E-state index contributed by atoms with van der Waals surface area (Å²) in [7, 11) is 0. The van der Waals surface area contributed by atoms with Crippen molar-refractivity contribution >= 4 is 11.6 Å². The lowest BCUT2D eigenvalue weighted by atomic mass is 9.92. The number of amides is 1. The SMILES string of the molecule is CCOc1ccccc1CC1C(=O)Nc2ccc(C)cc21. The van der Waals surface area contributed by atoms with Crippen molar-refractivity contribution in [3.8, 4) is 5.75 Å². The Morgan fingerprint density at radius 1 is 1.19 bits per heavy atom. The molecular formula is C18H19NO2. The van der Waals surface area contributed by atoms with E-state index in [4.69, 9.17) is 4.74 Å². The van der Waals surface area contributed by atoms with Gasteiger partial charge in [0.15, 0.2) is 0 Å². The number of para-hydroxylation sites is 1. The molecule has 1 aliphatic heterocycles. The van der Waals surface area contributed by atoms with E-state index in [0.29, 0.717) is 13.0 Å². The molecule has 0 fully saturated rings. The molecule has 3 heteroatoms. The van der Waals surface area contributed by atoms with Gasteiger partial charge >= 0.3 is 0 Å². The fourth-order valence-corrected chi connectivity index (χ4v) is 2.84. The maximum Gasteiger partial charge on any atom is 0.232 e. The number of nitrogens with one attached hydrogen (secondary N) is 1. The minimum Gasteiger partial charge on any atom is -0.494 e. The molecule has 1 aliphatic rings. The minimum atomic E-state index is -0.137. The summed E-state index contributed by atoms with van der Waals surface area (Å²) in [5.74, 6) is 0.803.